The quantitative estimate of drug-likeness (QED) is 0.447. The maximum absolute atomic E-state index is 13.4. The van der Waals surface area contributed by atoms with E-state index >= 15 is 0 Å². The Morgan fingerprint density at radius 1 is 0.824 bits per heavy atom. The van der Waals surface area contributed by atoms with Gasteiger partial charge >= 0.3 is 5.97 Å². The molecule has 4 aliphatic heterocycles. The van der Waals surface area contributed by atoms with Crippen molar-refractivity contribution in [1.82, 2.24) is 0 Å². The fourth-order valence-electron chi connectivity index (χ4n) is 5.82. The molecule has 0 unspecified atom stereocenters. The van der Waals surface area contributed by atoms with Crippen molar-refractivity contribution in [2.45, 2.75) is 87.4 Å². The van der Waals surface area contributed by atoms with Crippen molar-refractivity contribution in [3.05, 3.63) is 71.8 Å². The molecule has 4 aliphatic rings. The zero-order valence-corrected chi connectivity index (χ0v) is 19.6. The molecule has 0 aliphatic carbocycles. The van der Waals surface area contributed by atoms with Crippen molar-refractivity contribution in [1.29, 1.82) is 0 Å². The Kier molecular flexibility index (Phi) is 5.52. The van der Waals surface area contributed by atoms with Gasteiger partial charge in [-0.2, -0.15) is 0 Å². The molecule has 2 aromatic rings. The summed E-state index contributed by atoms with van der Waals surface area (Å²) in [7, 11) is 0. The summed E-state index contributed by atoms with van der Waals surface area (Å²) >= 11 is 0. The molecule has 0 N–H and O–H groups in total. The summed E-state index contributed by atoms with van der Waals surface area (Å²) in [5.41, 5.74) is 1.02. The molecule has 0 bridgehead atoms. The van der Waals surface area contributed by atoms with Crippen LogP contribution in [0.15, 0.2) is 60.7 Å². The predicted molar refractivity (Wildman–Crippen MR) is 124 cm³/mol. The molecule has 0 radical (unpaired) electrons. The van der Waals surface area contributed by atoms with Crippen LogP contribution in [0.5, 0.6) is 0 Å². The summed E-state index contributed by atoms with van der Waals surface area (Å²) < 4.78 is 32.2. The SMILES string of the molecule is C[C@]1(C[C@@H]2CO2)O[C@@]2(CCC[C@@H](c3ccccc3)O2)[C@]2(CCC[C@H](c3ccccc3)O2)OC1=O. The van der Waals surface area contributed by atoms with Crippen molar-refractivity contribution >= 4 is 5.97 Å². The number of ether oxygens (including phenoxy) is 5. The number of esters is 1. The molecular weight excluding hydrogens is 432 g/mol. The monoisotopic (exact) mass is 464 g/mol. The normalized spacial score (nSPS) is 39.7. The second-order valence-electron chi connectivity index (χ2n) is 10.2. The van der Waals surface area contributed by atoms with Crippen molar-refractivity contribution in [3.63, 3.8) is 0 Å². The van der Waals surface area contributed by atoms with Gasteiger partial charge in [0.05, 0.1) is 24.9 Å². The maximum atomic E-state index is 13.4. The molecule has 0 saturated carbocycles. The number of carbonyl (C=O) groups excluding carboxylic acids is 1. The third-order valence-electron chi connectivity index (χ3n) is 7.63. The topological polar surface area (TPSA) is 66.5 Å². The van der Waals surface area contributed by atoms with Crippen LogP contribution in [0.4, 0.5) is 0 Å². The van der Waals surface area contributed by atoms with Gasteiger partial charge in [-0.1, -0.05) is 60.7 Å². The highest BCUT2D eigenvalue weighted by atomic mass is 16.8. The van der Waals surface area contributed by atoms with Crippen molar-refractivity contribution in [2.24, 2.45) is 0 Å². The van der Waals surface area contributed by atoms with Crippen LogP contribution in [0.25, 0.3) is 0 Å². The van der Waals surface area contributed by atoms with E-state index in [0.717, 1.165) is 36.8 Å². The van der Waals surface area contributed by atoms with E-state index in [1.165, 1.54) is 0 Å². The van der Waals surface area contributed by atoms with Crippen LogP contribution in [0.2, 0.25) is 0 Å². The summed E-state index contributed by atoms with van der Waals surface area (Å²) in [6.45, 7) is 2.45. The van der Waals surface area contributed by atoms with Crippen LogP contribution in [-0.4, -0.2) is 35.9 Å². The number of carbonyl (C=O) groups is 1. The van der Waals surface area contributed by atoms with E-state index in [1.54, 1.807) is 6.92 Å². The molecule has 4 saturated heterocycles. The van der Waals surface area contributed by atoms with Gasteiger partial charge in [-0.05, 0) is 43.7 Å². The lowest BCUT2D eigenvalue weighted by Crippen LogP contribution is -2.72. The molecule has 0 aromatic heterocycles. The molecule has 4 heterocycles. The molecule has 2 aromatic carbocycles. The third kappa shape index (κ3) is 3.87. The van der Waals surface area contributed by atoms with Gasteiger partial charge in [-0.3, -0.25) is 0 Å². The first-order valence-electron chi connectivity index (χ1n) is 12.5. The fraction of sp³-hybridized carbons (Fsp3) is 0.536. The summed E-state index contributed by atoms with van der Waals surface area (Å²) in [5, 5.41) is 0. The first kappa shape index (κ1) is 22.2. The van der Waals surface area contributed by atoms with Gasteiger partial charge < -0.3 is 23.7 Å². The number of epoxide rings is 1. The summed E-state index contributed by atoms with van der Waals surface area (Å²) in [6, 6.07) is 20.3. The Morgan fingerprint density at radius 2 is 1.35 bits per heavy atom. The summed E-state index contributed by atoms with van der Waals surface area (Å²) in [5.74, 6) is -2.87. The van der Waals surface area contributed by atoms with Gasteiger partial charge in [0.15, 0.2) is 5.60 Å². The predicted octanol–water partition coefficient (Wildman–Crippen LogP) is 5.38. The third-order valence-corrected chi connectivity index (χ3v) is 7.63. The van der Waals surface area contributed by atoms with E-state index in [2.05, 4.69) is 24.3 Å². The van der Waals surface area contributed by atoms with Gasteiger partial charge in [0.2, 0.25) is 5.79 Å². The van der Waals surface area contributed by atoms with Crippen molar-refractivity contribution in [3.8, 4) is 0 Å². The highest BCUT2D eigenvalue weighted by molar-refractivity contribution is 5.80. The lowest BCUT2D eigenvalue weighted by molar-refractivity contribution is -0.473. The molecular formula is C28H32O6. The minimum atomic E-state index is -1.29. The lowest BCUT2D eigenvalue weighted by atomic mass is 9.83. The molecule has 2 spiro atoms. The Morgan fingerprint density at radius 3 is 1.91 bits per heavy atom. The summed E-state index contributed by atoms with van der Waals surface area (Å²) in [6.07, 6.45) is 4.72. The minimum absolute atomic E-state index is 0.0153. The Bertz CT molecular complexity index is 1020. The van der Waals surface area contributed by atoms with Crippen LogP contribution in [0, 0.1) is 0 Å². The Hall–Kier alpha value is -2.25. The molecule has 4 fully saturated rings. The molecule has 6 nitrogen and oxygen atoms in total. The molecule has 0 amide bonds. The number of benzene rings is 2. The van der Waals surface area contributed by atoms with E-state index in [0.29, 0.717) is 25.9 Å². The number of fused-ring (bicyclic) bond motifs is 1. The van der Waals surface area contributed by atoms with Crippen LogP contribution >= 0.6 is 0 Å². The van der Waals surface area contributed by atoms with Crippen molar-refractivity contribution in [2.75, 3.05) is 6.61 Å². The highest BCUT2D eigenvalue weighted by Gasteiger charge is 2.69. The minimum Gasteiger partial charge on any atom is -0.425 e. The zero-order chi connectivity index (χ0) is 23.2. The van der Waals surface area contributed by atoms with Crippen LogP contribution in [0.3, 0.4) is 0 Å². The molecule has 6 atom stereocenters. The smallest absolute Gasteiger partial charge is 0.341 e. The molecule has 34 heavy (non-hydrogen) atoms. The molecule has 6 heteroatoms. The van der Waals surface area contributed by atoms with E-state index in [4.69, 9.17) is 23.7 Å². The van der Waals surface area contributed by atoms with Gasteiger partial charge in [0.1, 0.15) is 0 Å². The molecule has 180 valence electrons. The van der Waals surface area contributed by atoms with E-state index in [9.17, 15) is 4.79 Å². The van der Waals surface area contributed by atoms with Crippen LogP contribution < -0.4 is 0 Å². The Balaban J connectivity index is 1.38. The fourth-order valence-corrected chi connectivity index (χ4v) is 5.82. The van der Waals surface area contributed by atoms with Gasteiger partial charge in [0, 0.05) is 19.3 Å². The van der Waals surface area contributed by atoms with Crippen molar-refractivity contribution < 1.29 is 28.5 Å². The van der Waals surface area contributed by atoms with Crippen LogP contribution in [0.1, 0.15) is 75.2 Å². The highest BCUT2D eigenvalue weighted by Crippen LogP contribution is 2.56. The average molecular weight is 465 g/mol. The second kappa shape index (κ2) is 8.45. The standard InChI is InChI=1S/C28H32O6/c1-26(18-22-19-30-22)25(29)33-27(16-8-14-23(31-27)20-10-4-2-5-11-20)28(34-26)17-9-15-24(32-28)21-12-6-3-7-13-21/h2-7,10-13,22-24H,8-9,14-19H2,1H3/t22-,23-,24+,26-,27+,28+/m1/s1. The first-order valence-corrected chi connectivity index (χ1v) is 12.5. The van der Waals surface area contributed by atoms with E-state index in [1.807, 2.05) is 36.4 Å². The number of hydrogen-bond donors (Lipinski definition) is 0. The van der Waals surface area contributed by atoms with E-state index < -0.39 is 23.1 Å². The number of rotatable bonds is 4. The van der Waals surface area contributed by atoms with Gasteiger partial charge in [-0.15, -0.1) is 0 Å². The van der Waals surface area contributed by atoms with E-state index in [-0.39, 0.29) is 18.3 Å². The summed E-state index contributed by atoms with van der Waals surface area (Å²) in [4.78, 5) is 13.4. The zero-order valence-electron chi connectivity index (χ0n) is 19.6. The maximum Gasteiger partial charge on any atom is 0.341 e. The Labute approximate surface area is 200 Å². The second-order valence-corrected chi connectivity index (χ2v) is 10.2. The number of hydrogen-bond acceptors (Lipinski definition) is 6. The van der Waals surface area contributed by atoms with Gasteiger partial charge in [-0.25, -0.2) is 4.79 Å². The van der Waals surface area contributed by atoms with Gasteiger partial charge in [0.25, 0.3) is 5.79 Å². The first-order chi connectivity index (χ1) is 16.5. The lowest BCUT2D eigenvalue weighted by Gasteiger charge is -2.59. The van der Waals surface area contributed by atoms with Crippen LogP contribution in [-0.2, 0) is 28.5 Å². The molecule has 6 rings (SSSR count). The largest absolute Gasteiger partial charge is 0.425 e. The average Bonchev–Trinajstić information content (AvgIpc) is 3.68.